The molecule has 2 aliphatic carbocycles. The molecule has 0 unspecified atom stereocenters. The summed E-state index contributed by atoms with van der Waals surface area (Å²) in [5.41, 5.74) is 29.5. The number of phenols is 3. The minimum Gasteiger partial charge on any atom is -0.508 e. The number of urea groups is 6. The predicted molar refractivity (Wildman–Crippen MR) is 586 cm³/mol. The Kier molecular flexibility index (Phi) is 34.3. The number of aryl methyl sites for hydroxylation is 4. The number of ether oxygens (including phenoxy) is 2. The number of phenolic OH excluding ortho intramolecular Hbond substituents is 3. The predicted octanol–water partition coefficient (Wildman–Crippen LogP) is 23.8. The van der Waals surface area contributed by atoms with E-state index < -0.39 is 11.8 Å². The number of thioether (sulfide) groups is 1. The normalized spacial score (nSPS) is 14.9. The van der Waals surface area contributed by atoms with E-state index >= 15 is 0 Å². The van der Waals surface area contributed by atoms with Gasteiger partial charge >= 0.3 is 42.2 Å². The fraction of sp³-hybridized carbons (Fsp3) is 0.289. The number of carbonyl (C=O) groups excluding carboxylic acids is 8. The number of esters is 1. The lowest BCUT2D eigenvalue weighted by atomic mass is 9.98. The molecule has 0 bridgehead atoms. The van der Waals surface area contributed by atoms with E-state index in [2.05, 4.69) is 144 Å². The molecule has 0 aromatic heterocycles. The number of fused-ring (bicyclic) bond motifs is 9. The second kappa shape index (κ2) is 48.9. The van der Waals surface area contributed by atoms with Crippen LogP contribution in [0.25, 0.3) is 11.1 Å². The maximum absolute atomic E-state index is 13.7. The van der Waals surface area contributed by atoms with Crippen LogP contribution in [0.5, 0.6) is 23.0 Å². The van der Waals surface area contributed by atoms with Crippen molar-refractivity contribution in [2.24, 2.45) is 0 Å². The zero-order chi connectivity index (χ0) is 104. The Morgan fingerprint density at radius 2 is 0.725 bits per heavy atom. The molecule has 13 amide bonds. The van der Waals surface area contributed by atoms with Gasteiger partial charge in [0.05, 0.1) is 24.5 Å². The SMILES string of the molecule is COC(=O)c1cccc(NC(=O)N2CCc3ccc(C)cc3C2)c1.CSc1cccc(NC(=O)N2CCc3ccc(C)cc3C2)c1.Cc1ccc(F)c(NC(=O)N2CCc3ccc(O)cc3C2)c1.Cc1ccc2c(c1)CCN(C(=O)Nc1ccc3c(c1)Cc1ccccc1-3)CC2.O=C(Nc1ccc(N2CCCC2=O)cc1)N1CCc2ccc(O)cc2CC1.O=C(Nc1ccc(OC2CCCC2)cc1)N1CCc2ccc(O)cc2C1. The van der Waals surface area contributed by atoms with E-state index in [-0.39, 0.29) is 65.0 Å². The number of benzene rings is 13. The molecule has 9 N–H and O–H groups in total. The van der Waals surface area contributed by atoms with Crippen LogP contribution in [0.3, 0.4) is 0 Å². The van der Waals surface area contributed by atoms with Crippen LogP contribution in [-0.4, -0.2) is 171 Å². The Hall–Kier alpha value is -16.1. The third-order valence-corrected chi connectivity index (χ3v) is 29.2. The highest BCUT2D eigenvalue weighted by molar-refractivity contribution is 7.98. The van der Waals surface area contributed by atoms with Crippen LogP contribution in [-0.2, 0) is 93.5 Å². The number of hydrogen-bond donors (Lipinski definition) is 9. The summed E-state index contributed by atoms with van der Waals surface area (Å²) in [5, 5.41) is 46.3. The molecule has 0 spiro atoms. The highest BCUT2D eigenvalue weighted by Gasteiger charge is 2.31. The highest BCUT2D eigenvalue weighted by Crippen LogP contribution is 2.39. The van der Waals surface area contributed by atoms with E-state index in [0.717, 1.165) is 170 Å². The summed E-state index contributed by atoms with van der Waals surface area (Å²) in [6.45, 7) is 16.5. The van der Waals surface area contributed by atoms with Gasteiger partial charge in [0, 0.05) is 131 Å². The Bertz CT molecular complexity index is 7080. The van der Waals surface area contributed by atoms with Gasteiger partial charge in [-0.3, -0.25) is 4.79 Å². The molecule has 1 saturated heterocycles. The number of hydrogen-bond acceptors (Lipinski definition) is 14. The van der Waals surface area contributed by atoms with Crippen LogP contribution in [0.15, 0.2) is 272 Å². The summed E-state index contributed by atoms with van der Waals surface area (Å²) in [4.78, 5) is 112. The average molecular weight is 2020 g/mol. The van der Waals surface area contributed by atoms with E-state index in [1.54, 1.807) is 109 Å². The number of carbonyl (C=O) groups is 8. The first-order valence-corrected chi connectivity index (χ1v) is 52.4. The van der Waals surface area contributed by atoms with Crippen LogP contribution >= 0.6 is 11.8 Å². The van der Waals surface area contributed by atoms with Gasteiger partial charge in [-0.25, -0.2) is 38.0 Å². The van der Waals surface area contributed by atoms with E-state index in [1.165, 1.54) is 109 Å². The van der Waals surface area contributed by atoms with Crippen molar-refractivity contribution in [3.05, 3.63) is 378 Å². The highest BCUT2D eigenvalue weighted by atomic mass is 32.2. The van der Waals surface area contributed by atoms with E-state index in [1.807, 2.05) is 120 Å². The maximum atomic E-state index is 13.7. The lowest BCUT2D eigenvalue weighted by Crippen LogP contribution is -2.39. The molecular weight excluding hydrogens is 1890 g/mol. The third kappa shape index (κ3) is 27.6. The number of anilines is 7. The quantitative estimate of drug-likeness (QED) is 0.0430. The maximum Gasteiger partial charge on any atom is 0.337 e. The van der Waals surface area contributed by atoms with E-state index in [9.17, 15) is 58.1 Å². The molecule has 13 aromatic rings. The fourth-order valence-corrected chi connectivity index (χ4v) is 20.8. The third-order valence-electron chi connectivity index (χ3n) is 28.5. The Morgan fingerprint density at radius 3 is 1.22 bits per heavy atom. The standard InChI is InChI=1S/C25H24N2O.C21H23N3O3.C21H24N2O3.C19H20N2O3.C18H20N2OS.C17H17FN2O2/c1-17-6-7-18-10-12-27(13-11-19(18)14-17)25(28)26-22-8-9-24-21(16-22)15-20-4-2-3-5-23(20)24;25-19-8-3-15-9-12-23(13-10-16(15)14-19)21(27)22-17-4-6-18(7-5-17)24-11-1-2-20(24)26;24-18-8-5-15-11-12-23(14-16(15)13-18)21(25)22-17-6-9-20(10-7-17)26-19-3-1-2-4-19;1-13-6-7-14-8-9-21(12-16(14)10-13)19(23)20-17-5-3-4-15(11-17)18(22)24-2;1-13-6-7-14-8-9-20(12-15(14)10-13)18(21)19-16-4-3-5-17(11-16)22-2;1-11-2-5-15(18)16(8-11)19-17(22)20-7-6-12-3-4-14(21)9-13(12)10-20/h2-9,14,16H,10-13,15H2,1H3,(H,26,28);3-8,14,25H,1-2,9-13H2,(H,22,27);5-10,13,19,24H,1-4,11-12,14H2,(H,22,25);3-7,10-11H,8-9,12H2,1-2H3,(H,20,23);3-7,10-11H,8-9,12H2,1-2H3,(H,19,21);2-5,8-9,21H,6-7,10H2,1H3,(H,19,22). The zero-order valence-electron chi connectivity index (χ0n) is 85.1. The van der Waals surface area contributed by atoms with Gasteiger partial charge in [-0.15, -0.1) is 11.8 Å². The van der Waals surface area contributed by atoms with Crippen LogP contribution in [0.1, 0.15) is 149 Å². The van der Waals surface area contributed by atoms with Gasteiger partial charge in [-0.05, 0) is 364 Å². The largest absolute Gasteiger partial charge is 0.508 e. The summed E-state index contributed by atoms with van der Waals surface area (Å²) in [7, 11) is 1.33. The molecule has 768 valence electrons. The number of halogens is 1. The zero-order valence-corrected chi connectivity index (χ0v) is 85.9. The molecule has 26 nitrogen and oxygen atoms in total. The van der Waals surface area contributed by atoms with E-state index in [4.69, 9.17) is 9.47 Å². The van der Waals surface area contributed by atoms with Gasteiger partial charge in [-0.1, -0.05) is 138 Å². The molecule has 22 rings (SSSR count). The Morgan fingerprint density at radius 1 is 0.336 bits per heavy atom. The number of rotatable bonds is 11. The van der Waals surface area contributed by atoms with Crippen molar-refractivity contribution in [1.29, 1.82) is 0 Å². The summed E-state index contributed by atoms with van der Waals surface area (Å²) in [6, 6.07) is 83.9. The van der Waals surface area contributed by atoms with Crippen molar-refractivity contribution in [3.63, 3.8) is 0 Å². The molecular formula is C121H128FN13O13S. The molecule has 0 atom stereocenters. The molecule has 1 saturated carbocycles. The molecule has 0 radical (unpaired) electrons. The Labute approximate surface area is 874 Å². The number of methoxy groups -OCH3 is 1. The number of amides is 13. The van der Waals surface area contributed by atoms with Crippen molar-refractivity contribution in [3.8, 4) is 34.1 Å². The number of aromatic hydroxyl groups is 3. The summed E-state index contributed by atoms with van der Waals surface area (Å²) < 4.78 is 24.4. The number of nitrogens with zero attached hydrogens (tertiary/aromatic N) is 7. The minimum absolute atomic E-state index is 0.0000100. The monoisotopic (exact) mass is 2020 g/mol. The van der Waals surface area contributed by atoms with E-state index in [0.29, 0.717) is 82.7 Å². The van der Waals surface area contributed by atoms with Gasteiger partial charge in [0.2, 0.25) is 5.91 Å². The smallest absolute Gasteiger partial charge is 0.337 e. The van der Waals surface area contributed by atoms with Gasteiger partial charge in [0.25, 0.3) is 0 Å². The van der Waals surface area contributed by atoms with Crippen molar-refractivity contribution in [2.75, 3.05) is 109 Å². The summed E-state index contributed by atoms with van der Waals surface area (Å²) >= 11 is 1.67. The van der Waals surface area contributed by atoms with Gasteiger partial charge in [-0.2, -0.15) is 0 Å². The molecule has 28 heteroatoms. The molecule has 7 aliphatic heterocycles. The van der Waals surface area contributed by atoms with Gasteiger partial charge < -0.3 is 91.0 Å². The van der Waals surface area contributed by atoms with Crippen LogP contribution in [0.2, 0.25) is 0 Å². The van der Waals surface area contributed by atoms with Crippen LogP contribution < -0.4 is 41.5 Å². The molecule has 149 heavy (non-hydrogen) atoms. The lowest BCUT2D eigenvalue weighted by Gasteiger charge is -2.29. The summed E-state index contributed by atoms with van der Waals surface area (Å²) in [5.74, 6) is 0.833. The van der Waals surface area contributed by atoms with Crippen molar-refractivity contribution < 1.29 is 67.5 Å². The molecule has 9 aliphatic rings. The van der Waals surface area contributed by atoms with Crippen molar-refractivity contribution >= 4 is 99.6 Å². The first-order valence-electron chi connectivity index (χ1n) is 51.2. The Balaban J connectivity index is 0.000000122. The van der Waals surface area contributed by atoms with Crippen molar-refractivity contribution in [2.45, 2.75) is 161 Å². The topological polar surface area (TPSA) is 311 Å². The van der Waals surface area contributed by atoms with Crippen LogP contribution in [0, 0.1) is 33.5 Å². The van der Waals surface area contributed by atoms with Gasteiger partial charge in [0.1, 0.15) is 28.8 Å². The molecule has 7 heterocycles. The molecule has 13 aromatic carbocycles. The minimum atomic E-state index is -0.450. The second-order valence-electron chi connectivity index (χ2n) is 39.2. The average Bonchev–Trinajstić information content (AvgIpc) is 1.64. The first kappa shape index (κ1) is 104. The van der Waals surface area contributed by atoms with Gasteiger partial charge in [0.15, 0.2) is 0 Å². The van der Waals surface area contributed by atoms with Crippen molar-refractivity contribution in [1.82, 2.24) is 29.4 Å². The van der Waals surface area contributed by atoms with Crippen LogP contribution in [0.4, 0.5) is 73.0 Å². The fourth-order valence-electron chi connectivity index (χ4n) is 20.3. The molecule has 2 fully saturated rings. The number of nitrogens with one attached hydrogen (secondary N) is 6. The summed E-state index contributed by atoms with van der Waals surface area (Å²) in [6.07, 6.45) is 16.2. The second-order valence-corrected chi connectivity index (χ2v) is 40.0. The first-order chi connectivity index (χ1) is 72.2. The lowest BCUT2D eigenvalue weighted by molar-refractivity contribution is -0.117.